The monoisotopic (exact) mass is 321 g/mol. The standard InChI is InChI=1S/C18H15N3O3/c22-17(21-14-8-11-19-12-9-14)13-23-15-4-6-16(7-5-15)24-18-3-1-2-10-20-18/h1-12H,13H2,(H,19,21,22). The average molecular weight is 321 g/mol. The number of nitrogens with zero attached hydrogens (tertiary/aromatic N) is 2. The number of pyridine rings is 2. The Morgan fingerprint density at radius 1 is 0.917 bits per heavy atom. The number of hydrogen-bond acceptors (Lipinski definition) is 5. The molecule has 6 heteroatoms. The van der Waals surface area contributed by atoms with Crippen LogP contribution in [0.3, 0.4) is 0 Å². The van der Waals surface area contributed by atoms with E-state index >= 15 is 0 Å². The molecule has 0 aliphatic rings. The molecular weight excluding hydrogens is 306 g/mol. The van der Waals surface area contributed by atoms with E-state index in [1.165, 1.54) is 0 Å². The number of rotatable bonds is 6. The molecule has 0 bridgehead atoms. The van der Waals surface area contributed by atoms with Gasteiger partial charge in [-0.2, -0.15) is 0 Å². The Balaban J connectivity index is 1.50. The molecule has 0 radical (unpaired) electrons. The molecule has 120 valence electrons. The molecule has 2 heterocycles. The van der Waals surface area contributed by atoms with Gasteiger partial charge in [-0.05, 0) is 42.5 Å². The highest BCUT2D eigenvalue weighted by Gasteiger charge is 2.04. The molecule has 24 heavy (non-hydrogen) atoms. The lowest BCUT2D eigenvalue weighted by atomic mass is 10.3. The minimum Gasteiger partial charge on any atom is -0.484 e. The maximum absolute atomic E-state index is 11.8. The van der Waals surface area contributed by atoms with Gasteiger partial charge in [0.2, 0.25) is 5.88 Å². The lowest BCUT2D eigenvalue weighted by Crippen LogP contribution is -2.20. The molecule has 1 N–H and O–H groups in total. The molecule has 1 aromatic carbocycles. The van der Waals surface area contributed by atoms with Gasteiger partial charge >= 0.3 is 0 Å². The maximum Gasteiger partial charge on any atom is 0.262 e. The summed E-state index contributed by atoms with van der Waals surface area (Å²) >= 11 is 0. The first kappa shape index (κ1) is 15.5. The molecule has 3 aromatic rings. The third-order valence-corrected chi connectivity index (χ3v) is 3.02. The van der Waals surface area contributed by atoms with E-state index in [1.54, 1.807) is 61.1 Å². The van der Waals surface area contributed by atoms with Crippen molar-refractivity contribution in [3.8, 4) is 17.4 Å². The van der Waals surface area contributed by atoms with Gasteiger partial charge in [-0.3, -0.25) is 9.78 Å². The van der Waals surface area contributed by atoms with Crippen molar-refractivity contribution >= 4 is 11.6 Å². The lowest BCUT2D eigenvalue weighted by Gasteiger charge is -2.08. The molecule has 0 unspecified atom stereocenters. The van der Waals surface area contributed by atoms with E-state index in [4.69, 9.17) is 9.47 Å². The molecule has 6 nitrogen and oxygen atoms in total. The van der Waals surface area contributed by atoms with Crippen molar-refractivity contribution in [3.05, 3.63) is 73.2 Å². The fourth-order valence-electron chi connectivity index (χ4n) is 1.91. The number of carbonyl (C=O) groups excluding carboxylic acids is 1. The van der Waals surface area contributed by atoms with Gasteiger partial charge in [0, 0.05) is 30.3 Å². The van der Waals surface area contributed by atoms with Crippen LogP contribution in [0.1, 0.15) is 0 Å². The first-order valence-corrected chi connectivity index (χ1v) is 7.31. The number of benzene rings is 1. The first-order valence-electron chi connectivity index (χ1n) is 7.31. The number of aromatic nitrogens is 2. The second kappa shape index (κ2) is 7.73. The summed E-state index contributed by atoms with van der Waals surface area (Å²) < 4.78 is 11.0. The normalized spacial score (nSPS) is 10.0. The molecule has 0 fully saturated rings. The smallest absolute Gasteiger partial charge is 0.262 e. The number of ether oxygens (including phenoxy) is 2. The van der Waals surface area contributed by atoms with E-state index in [1.807, 2.05) is 12.1 Å². The highest BCUT2D eigenvalue weighted by Crippen LogP contribution is 2.22. The predicted molar refractivity (Wildman–Crippen MR) is 89.1 cm³/mol. The van der Waals surface area contributed by atoms with Crippen molar-refractivity contribution in [2.75, 3.05) is 11.9 Å². The van der Waals surface area contributed by atoms with Crippen LogP contribution < -0.4 is 14.8 Å². The van der Waals surface area contributed by atoms with Crippen molar-refractivity contribution < 1.29 is 14.3 Å². The summed E-state index contributed by atoms with van der Waals surface area (Å²) in [6, 6.07) is 15.8. The Kier molecular flexibility index (Phi) is 4.99. The zero-order valence-electron chi connectivity index (χ0n) is 12.8. The lowest BCUT2D eigenvalue weighted by molar-refractivity contribution is -0.118. The zero-order chi connectivity index (χ0) is 16.6. The molecule has 2 aromatic heterocycles. The third kappa shape index (κ3) is 4.54. The fraction of sp³-hybridized carbons (Fsp3) is 0.0556. The molecule has 1 amide bonds. The van der Waals surface area contributed by atoms with Crippen molar-refractivity contribution in [1.29, 1.82) is 0 Å². The van der Waals surface area contributed by atoms with Crippen LogP contribution in [0.25, 0.3) is 0 Å². The summed E-state index contributed by atoms with van der Waals surface area (Å²) in [6.45, 7) is -0.0806. The molecule has 3 rings (SSSR count). The van der Waals surface area contributed by atoms with Gasteiger partial charge in [0.15, 0.2) is 6.61 Å². The fourth-order valence-corrected chi connectivity index (χ4v) is 1.91. The zero-order valence-corrected chi connectivity index (χ0v) is 12.8. The van der Waals surface area contributed by atoms with Crippen molar-refractivity contribution in [2.24, 2.45) is 0 Å². The second-order valence-electron chi connectivity index (χ2n) is 4.81. The Morgan fingerprint density at radius 2 is 1.67 bits per heavy atom. The van der Waals surface area contributed by atoms with Gasteiger partial charge in [-0.15, -0.1) is 0 Å². The van der Waals surface area contributed by atoms with Crippen LogP contribution in [0.4, 0.5) is 5.69 Å². The van der Waals surface area contributed by atoms with Crippen LogP contribution >= 0.6 is 0 Å². The number of nitrogens with one attached hydrogen (secondary N) is 1. The second-order valence-corrected chi connectivity index (χ2v) is 4.81. The largest absolute Gasteiger partial charge is 0.484 e. The summed E-state index contributed by atoms with van der Waals surface area (Å²) in [5.74, 6) is 1.49. The number of anilines is 1. The average Bonchev–Trinajstić information content (AvgIpc) is 2.63. The first-order chi connectivity index (χ1) is 11.8. The van der Waals surface area contributed by atoms with Crippen LogP contribution in [-0.4, -0.2) is 22.5 Å². The van der Waals surface area contributed by atoms with E-state index in [0.29, 0.717) is 23.1 Å². The van der Waals surface area contributed by atoms with Crippen molar-refractivity contribution in [2.45, 2.75) is 0 Å². The summed E-state index contributed by atoms with van der Waals surface area (Å²) in [7, 11) is 0. The van der Waals surface area contributed by atoms with Crippen LogP contribution in [0.5, 0.6) is 17.4 Å². The Hall–Kier alpha value is -3.41. The molecule has 0 atom stereocenters. The topological polar surface area (TPSA) is 73.3 Å². The SMILES string of the molecule is O=C(COc1ccc(Oc2ccccn2)cc1)Nc1ccncc1. The van der Waals surface area contributed by atoms with E-state index in [2.05, 4.69) is 15.3 Å². The Morgan fingerprint density at radius 3 is 2.38 bits per heavy atom. The van der Waals surface area contributed by atoms with E-state index in [9.17, 15) is 4.79 Å². The van der Waals surface area contributed by atoms with Crippen molar-refractivity contribution in [3.63, 3.8) is 0 Å². The number of amides is 1. The maximum atomic E-state index is 11.8. The number of hydrogen-bond donors (Lipinski definition) is 1. The van der Waals surface area contributed by atoms with Crippen LogP contribution in [0.2, 0.25) is 0 Å². The number of carbonyl (C=O) groups is 1. The van der Waals surface area contributed by atoms with Gasteiger partial charge < -0.3 is 14.8 Å². The van der Waals surface area contributed by atoms with Gasteiger partial charge in [0.05, 0.1) is 0 Å². The Bertz CT molecular complexity index is 778. The van der Waals surface area contributed by atoms with Crippen LogP contribution in [0.15, 0.2) is 73.2 Å². The van der Waals surface area contributed by atoms with Crippen LogP contribution in [0, 0.1) is 0 Å². The highest BCUT2D eigenvalue weighted by atomic mass is 16.5. The molecule has 0 saturated carbocycles. The van der Waals surface area contributed by atoms with Crippen molar-refractivity contribution in [1.82, 2.24) is 9.97 Å². The van der Waals surface area contributed by atoms with E-state index < -0.39 is 0 Å². The molecule has 0 aliphatic carbocycles. The molecular formula is C18H15N3O3. The molecule has 0 spiro atoms. The predicted octanol–water partition coefficient (Wildman–Crippen LogP) is 3.29. The van der Waals surface area contributed by atoms with Gasteiger partial charge in [-0.1, -0.05) is 6.07 Å². The highest BCUT2D eigenvalue weighted by molar-refractivity contribution is 5.91. The summed E-state index contributed by atoms with van der Waals surface area (Å²) in [6.07, 6.45) is 4.88. The van der Waals surface area contributed by atoms with E-state index in [-0.39, 0.29) is 12.5 Å². The van der Waals surface area contributed by atoms with Gasteiger partial charge in [0.25, 0.3) is 5.91 Å². The molecule has 0 saturated heterocycles. The quantitative estimate of drug-likeness (QED) is 0.754. The summed E-state index contributed by atoms with van der Waals surface area (Å²) in [5.41, 5.74) is 0.678. The minimum atomic E-state index is -0.241. The summed E-state index contributed by atoms with van der Waals surface area (Å²) in [4.78, 5) is 19.8. The minimum absolute atomic E-state index is 0.0806. The van der Waals surface area contributed by atoms with E-state index in [0.717, 1.165) is 0 Å². The van der Waals surface area contributed by atoms with Gasteiger partial charge in [0.1, 0.15) is 11.5 Å². The molecule has 0 aliphatic heterocycles. The van der Waals surface area contributed by atoms with Gasteiger partial charge in [-0.25, -0.2) is 4.98 Å². The Labute approximate surface area is 139 Å². The summed E-state index contributed by atoms with van der Waals surface area (Å²) in [5, 5.41) is 2.72. The van der Waals surface area contributed by atoms with Crippen LogP contribution in [-0.2, 0) is 4.79 Å². The third-order valence-electron chi connectivity index (χ3n) is 3.02.